The third-order valence-corrected chi connectivity index (χ3v) is 6.91. The Labute approximate surface area is 200 Å². The highest BCUT2D eigenvalue weighted by Crippen LogP contribution is 2.27. The number of nitrogens with zero attached hydrogens (tertiary/aromatic N) is 3. The molecule has 0 radical (unpaired) electrons. The Balaban J connectivity index is 1.23. The monoisotopic (exact) mass is 475 g/mol. The van der Waals surface area contributed by atoms with Crippen molar-refractivity contribution < 1.29 is 9.53 Å². The van der Waals surface area contributed by atoms with Crippen LogP contribution < -0.4 is 9.64 Å². The lowest BCUT2D eigenvalue weighted by molar-refractivity contribution is 0.0747. The highest BCUT2D eigenvalue weighted by molar-refractivity contribution is 6.39. The number of rotatable bonds is 7. The molecule has 2 fully saturated rings. The van der Waals surface area contributed by atoms with E-state index in [1.54, 1.807) is 18.2 Å². The highest BCUT2D eigenvalue weighted by atomic mass is 35.5. The van der Waals surface area contributed by atoms with Crippen molar-refractivity contribution in [2.75, 3.05) is 57.3 Å². The quantitative estimate of drug-likeness (QED) is 0.514. The van der Waals surface area contributed by atoms with E-state index in [-0.39, 0.29) is 5.91 Å². The van der Waals surface area contributed by atoms with E-state index in [9.17, 15) is 4.79 Å². The van der Waals surface area contributed by atoms with Crippen molar-refractivity contribution in [1.82, 2.24) is 9.80 Å². The Kier molecular flexibility index (Phi) is 8.17. The van der Waals surface area contributed by atoms with Crippen LogP contribution in [0.4, 0.5) is 5.69 Å². The Hall–Kier alpha value is -1.95. The number of piperidine rings is 1. The lowest BCUT2D eigenvalue weighted by Crippen LogP contribution is -2.48. The summed E-state index contributed by atoms with van der Waals surface area (Å²) >= 11 is 12.4. The number of hydrogen-bond acceptors (Lipinski definition) is 4. The number of hydrogen-bond donors (Lipinski definition) is 0. The van der Waals surface area contributed by atoms with Crippen molar-refractivity contribution in [2.45, 2.75) is 25.7 Å². The smallest absolute Gasteiger partial charge is 0.257 e. The minimum Gasteiger partial charge on any atom is -0.494 e. The predicted molar refractivity (Wildman–Crippen MR) is 131 cm³/mol. The van der Waals surface area contributed by atoms with E-state index in [0.29, 0.717) is 28.7 Å². The fourth-order valence-corrected chi connectivity index (χ4v) is 5.00. The van der Waals surface area contributed by atoms with Gasteiger partial charge in [0.25, 0.3) is 5.91 Å². The first-order chi connectivity index (χ1) is 15.6. The van der Waals surface area contributed by atoms with E-state index in [1.807, 2.05) is 17.0 Å². The van der Waals surface area contributed by atoms with Gasteiger partial charge in [-0.25, -0.2) is 0 Å². The van der Waals surface area contributed by atoms with Crippen LogP contribution in [0.5, 0.6) is 5.75 Å². The molecule has 2 aliphatic rings. The first-order valence-electron chi connectivity index (χ1n) is 11.6. The number of piperazine rings is 1. The van der Waals surface area contributed by atoms with E-state index in [2.05, 4.69) is 21.9 Å². The maximum atomic E-state index is 12.9. The second-order valence-corrected chi connectivity index (χ2v) is 9.29. The summed E-state index contributed by atoms with van der Waals surface area (Å²) < 4.78 is 5.94. The normalized spacial score (nSPS) is 17.4. The van der Waals surface area contributed by atoms with Crippen molar-refractivity contribution in [3.05, 3.63) is 58.1 Å². The number of ether oxygens (including phenoxy) is 1. The Morgan fingerprint density at radius 3 is 2.16 bits per heavy atom. The summed E-state index contributed by atoms with van der Waals surface area (Å²) in [6.45, 7) is 7.15. The predicted octanol–water partition coefficient (Wildman–Crippen LogP) is 5.21. The number of benzene rings is 2. The number of amides is 1. The molecular weight excluding hydrogens is 445 g/mol. The fraction of sp³-hybridized carbons (Fsp3) is 0.480. The summed E-state index contributed by atoms with van der Waals surface area (Å²) in [7, 11) is 0. The zero-order chi connectivity index (χ0) is 22.3. The van der Waals surface area contributed by atoms with Gasteiger partial charge < -0.3 is 19.4 Å². The molecule has 2 heterocycles. The molecule has 5 nitrogen and oxygen atoms in total. The molecule has 2 aliphatic heterocycles. The molecule has 0 aromatic heterocycles. The van der Waals surface area contributed by atoms with Crippen LogP contribution in [0.2, 0.25) is 10.0 Å². The van der Waals surface area contributed by atoms with Crippen LogP contribution in [0.25, 0.3) is 0 Å². The molecule has 1 amide bonds. The zero-order valence-electron chi connectivity index (χ0n) is 18.4. The van der Waals surface area contributed by atoms with E-state index in [1.165, 1.54) is 32.4 Å². The summed E-state index contributed by atoms with van der Waals surface area (Å²) in [5.41, 5.74) is 1.54. The topological polar surface area (TPSA) is 36.0 Å². The number of anilines is 1. The molecule has 2 aromatic rings. The first kappa shape index (κ1) is 23.2. The minimum absolute atomic E-state index is 0.103. The van der Waals surface area contributed by atoms with E-state index in [4.69, 9.17) is 27.9 Å². The van der Waals surface area contributed by atoms with Crippen molar-refractivity contribution in [2.24, 2.45) is 0 Å². The standard InChI is InChI=1S/C25H31Cl2N3O2/c26-22-6-4-7-23(27)24(22)25(31)30-17-15-29(16-18-30)20-8-10-21(11-9-20)32-19-5-14-28-12-2-1-3-13-28/h4,6-11H,1-3,5,12-19H2. The highest BCUT2D eigenvalue weighted by Gasteiger charge is 2.25. The minimum atomic E-state index is -0.103. The van der Waals surface area contributed by atoms with Crippen molar-refractivity contribution in [1.29, 1.82) is 0 Å². The largest absolute Gasteiger partial charge is 0.494 e. The van der Waals surface area contributed by atoms with Gasteiger partial charge in [0, 0.05) is 38.4 Å². The van der Waals surface area contributed by atoms with Gasteiger partial charge in [-0.3, -0.25) is 4.79 Å². The maximum absolute atomic E-state index is 12.9. The third kappa shape index (κ3) is 5.89. The second-order valence-electron chi connectivity index (χ2n) is 8.47. The molecule has 2 saturated heterocycles. The third-order valence-electron chi connectivity index (χ3n) is 6.28. The van der Waals surface area contributed by atoms with Crippen LogP contribution >= 0.6 is 23.2 Å². The molecule has 0 bridgehead atoms. The van der Waals surface area contributed by atoms with Gasteiger partial charge in [-0.2, -0.15) is 0 Å². The van der Waals surface area contributed by atoms with Crippen molar-refractivity contribution in [3.8, 4) is 5.75 Å². The Morgan fingerprint density at radius 1 is 0.844 bits per heavy atom. The Morgan fingerprint density at radius 2 is 1.50 bits per heavy atom. The number of halogens is 2. The summed E-state index contributed by atoms with van der Waals surface area (Å²) in [6.07, 6.45) is 5.10. The first-order valence-corrected chi connectivity index (χ1v) is 12.3. The van der Waals surface area contributed by atoms with Gasteiger partial charge in [0.2, 0.25) is 0 Å². The average Bonchev–Trinajstić information content (AvgIpc) is 2.83. The molecule has 4 rings (SSSR count). The van der Waals surface area contributed by atoms with Gasteiger partial charge in [-0.15, -0.1) is 0 Å². The number of carbonyl (C=O) groups is 1. The maximum Gasteiger partial charge on any atom is 0.257 e. The zero-order valence-corrected chi connectivity index (χ0v) is 20.0. The van der Waals surface area contributed by atoms with Crippen LogP contribution in [-0.2, 0) is 0 Å². The summed E-state index contributed by atoms with van der Waals surface area (Å²) in [6, 6.07) is 13.4. The SMILES string of the molecule is O=C(c1c(Cl)cccc1Cl)N1CCN(c2ccc(OCCCN3CCCCC3)cc2)CC1. The lowest BCUT2D eigenvalue weighted by atomic mass is 10.1. The molecule has 2 aromatic carbocycles. The van der Waals surface area contributed by atoms with Gasteiger partial charge in [-0.05, 0) is 68.8 Å². The van der Waals surface area contributed by atoms with Gasteiger partial charge in [0.05, 0.1) is 22.2 Å². The van der Waals surface area contributed by atoms with Crippen LogP contribution in [0.1, 0.15) is 36.0 Å². The molecule has 0 unspecified atom stereocenters. The van der Waals surface area contributed by atoms with Gasteiger partial charge in [0.15, 0.2) is 0 Å². The van der Waals surface area contributed by atoms with Crippen molar-refractivity contribution >= 4 is 34.8 Å². The average molecular weight is 476 g/mol. The van der Waals surface area contributed by atoms with Crippen LogP contribution in [0.3, 0.4) is 0 Å². The summed E-state index contributed by atoms with van der Waals surface area (Å²) in [5, 5.41) is 0.799. The van der Waals surface area contributed by atoms with E-state index in [0.717, 1.165) is 44.1 Å². The summed E-state index contributed by atoms with van der Waals surface area (Å²) in [4.78, 5) is 19.5. The lowest BCUT2D eigenvalue weighted by Gasteiger charge is -2.36. The molecule has 0 saturated carbocycles. The van der Waals surface area contributed by atoms with Crippen LogP contribution in [0, 0.1) is 0 Å². The molecule has 0 atom stereocenters. The van der Waals surface area contributed by atoms with Crippen LogP contribution in [0.15, 0.2) is 42.5 Å². The molecule has 32 heavy (non-hydrogen) atoms. The number of carbonyl (C=O) groups excluding carboxylic acids is 1. The van der Waals surface area contributed by atoms with Gasteiger partial charge >= 0.3 is 0 Å². The molecule has 0 N–H and O–H groups in total. The van der Waals surface area contributed by atoms with Gasteiger partial charge in [0.1, 0.15) is 5.75 Å². The van der Waals surface area contributed by atoms with E-state index < -0.39 is 0 Å². The molecule has 0 spiro atoms. The molecule has 0 aliphatic carbocycles. The second kappa shape index (κ2) is 11.3. The summed E-state index contributed by atoms with van der Waals surface area (Å²) in [5.74, 6) is 0.808. The molecule has 7 heteroatoms. The molecule has 172 valence electrons. The number of likely N-dealkylation sites (tertiary alicyclic amines) is 1. The fourth-order valence-electron chi connectivity index (χ4n) is 4.44. The molecular formula is C25H31Cl2N3O2. The van der Waals surface area contributed by atoms with Gasteiger partial charge in [-0.1, -0.05) is 35.7 Å². The van der Waals surface area contributed by atoms with E-state index >= 15 is 0 Å². The van der Waals surface area contributed by atoms with Crippen LogP contribution in [-0.4, -0.2) is 68.1 Å². The van der Waals surface area contributed by atoms with Crippen molar-refractivity contribution in [3.63, 3.8) is 0 Å². The Bertz CT molecular complexity index is 872.